The summed E-state index contributed by atoms with van der Waals surface area (Å²) in [6.07, 6.45) is 7.58. The summed E-state index contributed by atoms with van der Waals surface area (Å²) < 4.78 is 6.24. The number of ether oxygens (including phenoxy) is 1. The number of hydrogen-bond acceptors (Lipinski definition) is 3. The Bertz CT molecular complexity index is 1230. The van der Waals surface area contributed by atoms with Gasteiger partial charge in [-0.05, 0) is 131 Å². The Morgan fingerprint density at radius 1 is 0.947 bits per heavy atom. The molecule has 3 heteroatoms. The lowest BCUT2D eigenvalue weighted by molar-refractivity contribution is 0.217. The van der Waals surface area contributed by atoms with E-state index in [9.17, 15) is 0 Å². The first kappa shape index (κ1) is 31.4. The van der Waals surface area contributed by atoms with E-state index in [1.165, 1.54) is 40.7 Å². The van der Waals surface area contributed by atoms with E-state index in [0.29, 0.717) is 11.3 Å². The number of benzene rings is 1. The van der Waals surface area contributed by atoms with Crippen molar-refractivity contribution in [3.8, 4) is 0 Å². The molecule has 1 aliphatic rings. The largest absolute Gasteiger partial charge is 0.480 e. The van der Waals surface area contributed by atoms with E-state index in [1.54, 1.807) is 0 Å². The molecule has 0 aromatic heterocycles. The lowest BCUT2D eigenvalue weighted by Crippen LogP contribution is -2.13. The van der Waals surface area contributed by atoms with E-state index in [4.69, 9.17) is 22.0 Å². The monoisotopic (exact) mass is 516 g/mol. The van der Waals surface area contributed by atoms with E-state index in [-0.39, 0.29) is 0 Å². The quantitative estimate of drug-likeness (QED) is 0.181. The highest BCUT2D eigenvalue weighted by Crippen LogP contribution is 2.49. The van der Waals surface area contributed by atoms with Gasteiger partial charge in [0, 0.05) is 23.6 Å². The van der Waals surface area contributed by atoms with Crippen molar-refractivity contribution in [3.63, 3.8) is 0 Å². The first-order chi connectivity index (χ1) is 17.8. The first-order valence-corrected chi connectivity index (χ1v) is 14.3. The number of aliphatic imine (C=N–C) groups is 1. The smallest absolute Gasteiger partial charge is 0.185 e. The third kappa shape index (κ3) is 6.42. The van der Waals surface area contributed by atoms with Crippen LogP contribution in [0.15, 0.2) is 52.2 Å². The van der Waals surface area contributed by atoms with Crippen LogP contribution in [0.1, 0.15) is 116 Å². The molecule has 3 nitrogen and oxygen atoms in total. The van der Waals surface area contributed by atoms with Crippen molar-refractivity contribution in [2.75, 3.05) is 6.61 Å². The van der Waals surface area contributed by atoms with Gasteiger partial charge in [0.1, 0.15) is 0 Å². The Morgan fingerprint density at radius 3 is 1.92 bits per heavy atom. The molecule has 0 spiro atoms. The molecule has 0 amide bonds. The second-order valence-corrected chi connectivity index (χ2v) is 11.2. The van der Waals surface area contributed by atoms with E-state index < -0.39 is 0 Å². The summed E-state index contributed by atoms with van der Waals surface area (Å²) in [6.45, 7) is 33.2. The fraction of sp³-hybridized carbons (Fsp3) is 0.514. The molecule has 1 fully saturated rings. The minimum absolute atomic E-state index is 0.342. The molecule has 1 aromatic rings. The van der Waals surface area contributed by atoms with Gasteiger partial charge in [0.25, 0.3) is 0 Å². The van der Waals surface area contributed by atoms with E-state index in [0.717, 1.165) is 70.7 Å². The van der Waals surface area contributed by atoms with Gasteiger partial charge in [-0.3, -0.25) is 0 Å². The number of nitrogens with two attached hydrogens (primary N) is 1. The van der Waals surface area contributed by atoms with Crippen LogP contribution >= 0.6 is 0 Å². The Hall–Kier alpha value is -2.81. The van der Waals surface area contributed by atoms with Crippen LogP contribution in [-0.2, 0) is 17.6 Å². The molecule has 0 aliphatic heterocycles. The van der Waals surface area contributed by atoms with Crippen LogP contribution in [0, 0.1) is 12.3 Å². The first-order valence-electron chi connectivity index (χ1n) is 14.3. The topological polar surface area (TPSA) is 47.6 Å². The SMILES string of the molecule is C=C(C(=C(C)\C(C)=C/C)/C(C)=C(\C)N)c1c(C)c(N=C(C)OCC2(CC)CC2)c(C(=C)C)c(CC)c1CC. The highest BCUT2D eigenvalue weighted by molar-refractivity contribution is 5.93. The molecule has 0 saturated heterocycles. The predicted octanol–water partition coefficient (Wildman–Crippen LogP) is 9.96. The third-order valence-corrected chi connectivity index (χ3v) is 8.60. The summed E-state index contributed by atoms with van der Waals surface area (Å²) in [5, 5.41) is 0. The zero-order valence-electron chi connectivity index (χ0n) is 26.2. The van der Waals surface area contributed by atoms with Crippen molar-refractivity contribution in [2.45, 2.75) is 108 Å². The molecule has 2 N–H and O–H groups in total. The zero-order chi connectivity index (χ0) is 28.9. The van der Waals surface area contributed by atoms with Gasteiger partial charge in [-0.25, -0.2) is 4.99 Å². The van der Waals surface area contributed by atoms with Crippen LogP contribution in [-0.4, -0.2) is 12.5 Å². The van der Waals surface area contributed by atoms with E-state index in [2.05, 4.69) is 75.0 Å². The maximum Gasteiger partial charge on any atom is 0.185 e. The Labute approximate surface area is 233 Å². The van der Waals surface area contributed by atoms with Gasteiger partial charge in [0.2, 0.25) is 0 Å². The van der Waals surface area contributed by atoms with Crippen molar-refractivity contribution in [1.82, 2.24) is 0 Å². The van der Waals surface area contributed by atoms with Crippen LogP contribution in [0.25, 0.3) is 11.1 Å². The van der Waals surface area contributed by atoms with Crippen LogP contribution < -0.4 is 5.73 Å². The van der Waals surface area contributed by atoms with Gasteiger partial charge in [-0.15, -0.1) is 0 Å². The number of allylic oxidation sites excluding steroid dienone is 8. The minimum Gasteiger partial charge on any atom is -0.480 e. The molecule has 2 rings (SSSR count). The van der Waals surface area contributed by atoms with Crippen molar-refractivity contribution in [2.24, 2.45) is 16.1 Å². The van der Waals surface area contributed by atoms with Gasteiger partial charge < -0.3 is 10.5 Å². The minimum atomic E-state index is 0.342. The van der Waals surface area contributed by atoms with Gasteiger partial charge in [-0.1, -0.05) is 45.6 Å². The number of rotatable bonds is 11. The Kier molecular flexibility index (Phi) is 10.6. The number of nitrogens with zero attached hydrogens (tertiary/aromatic N) is 1. The normalized spacial score (nSPS) is 16.6. The Morgan fingerprint density at radius 2 is 1.50 bits per heavy atom. The lowest BCUT2D eigenvalue weighted by atomic mass is 9.78. The van der Waals surface area contributed by atoms with Crippen molar-refractivity contribution in [1.29, 1.82) is 0 Å². The van der Waals surface area contributed by atoms with Crippen LogP contribution in [0.3, 0.4) is 0 Å². The molecule has 0 atom stereocenters. The van der Waals surface area contributed by atoms with Crippen molar-refractivity contribution in [3.05, 3.63) is 75.0 Å². The summed E-state index contributed by atoms with van der Waals surface area (Å²) >= 11 is 0. The van der Waals surface area contributed by atoms with Crippen molar-refractivity contribution < 1.29 is 4.74 Å². The maximum absolute atomic E-state index is 6.38. The molecule has 1 aromatic carbocycles. The molecule has 0 heterocycles. The zero-order valence-corrected chi connectivity index (χ0v) is 26.2. The summed E-state index contributed by atoms with van der Waals surface area (Å²) in [4.78, 5) is 5.14. The van der Waals surface area contributed by atoms with Gasteiger partial charge in [0.15, 0.2) is 5.90 Å². The van der Waals surface area contributed by atoms with Crippen LogP contribution in [0.4, 0.5) is 5.69 Å². The molecule has 1 aliphatic carbocycles. The average Bonchev–Trinajstić information content (AvgIpc) is 3.67. The highest BCUT2D eigenvalue weighted by atomic mass is 16.5. The van der Waals surface area contributed by atoms with Crippen molar-refractivity contribution >= 4 is 22.7 Å². The molecule has 0 unspecified atom stereocenters. The second kappa shape index (κ2) is 12.8. The van der Waals surface area contributed by atoms with Gasteiger partial charge in [0.05, 0.1) is 12.3 Å². The predicted molar refractivity (Wildman–Crippen MR) is 169 cm³/mol. The molecule has 0 radical (unpaired) electrons. The molecule has 0 bridgehead atoms. The van der Waals surface area contributed by atoms with E-state index >= 15 is 0 Å². The highest BCUT2D eigenvalue weighted by Gasteiger charge is 2.41. The summed E-state index contributed by atoms with van der Waals surface area (Å²) in [6, 6.07) is 0. The fourth-order valence-corrected chi connectivity index (χ4v) is 5.46. The standard InChI is InChI=1S/C35H52N2O/c1-14-22(7)23(8)32(24(9)27(12)36)25(10)33-26(11)34(31(21(5)6)29(15-2)30(33)16-3)37-28(13)38-20-35(17-4)18-19-35/h14H,5,10,15-20,36H2,1-4,6-9,11-13H3/b22-14-,27-24+,32-23-,37-28?. The second-order valence-electron chi connectivity index (χ2n) is 11.2. The van der Waals surface area contributed by atoms with Crippen LogP contribution in [0.5, 0.6) is 0 Å². The lowest BCUT2D eigenvalue weighted by Gasteiger charge is -2.27. The molecular formula is C35H52N2O. The van der Waals surface area contributed by atoms with Crippen LogP contribution in [0.2, 0.25) is 0 Å². The molecule has 38 heavy (non-hydrogen) atoms. The number of hydrogen-bond donors (Lipinski definition) is 1. The summed E-state index contributed by atoms with van der Waals surface area (Å²) in [5.41, 5.74) is 21.2. The third-order valence-electron chi connectivity index (χ3n) is 8.60. The summed E-state index contributed by atoms with van der Waals surface area (Å²) in [7, 11) is 0. The maximum atomic E-state index is 6.38. The van der Waals surface area contributed by atoms with E-state index in [1.807, 2.05) is 13.8 Å². The molecule has 1 saturated carbocycles. The fourth-order valence-electron chi connectivity index (χ4n) is 5.46. The molecule has 208 valence electrons. The average molecular weight is 517 g/mol. The Balaban J connectivity index is 2.92. The molecular weight excluding hydrogens is 464 g/mol. The van der Waals surface area contributed by atoms with Gasteiger partial charge >= 0.3 is 0 Å². The summed E-state index contributed by atoms with van der Waals surface area (Å²) in [5.74, 6) is 0.712. The van der Waals surface area contributed by atoms with Gasteiger partial charge in [-0.2, -0.15) is 0 Å².